The minimum absolute atomic E-state index is 1.07. The van der Waals surface area contributed by atoms with Crippen molar-refractivity contribution in [2.75, 3.05) is 0 Å². The predicted molar refractivity (Wildman–Crippen MR) is 62.7 cm³/mol. The van der Waals surface area contributed by atoms with Crippen molar-refractivity contribution in [2.45, 2.75) is 6.92 Å². The summed E-state index contributed by atoms with van der Waals surface area (Å²) in [5, 5.41) is 4.25. The smallest absolute Gasteiger partial charge is 0.0646 e. The molecular formula is C13H13N2. The summed E-state index contributed by atoms with van der Waals surface area (Å²) in [6.07, 6.45) is 7.61. The van der Waals surface area contributed by atoms with E-state index in [0.717, 1.165) is 16.8 Å². The number of rotatable bonds is 2. The highest BCUT2D eigenvalue weighted by atomic mass is 15.3. The van der Waals surface area contributed by atoms with Gasteiger partial charge in [0.15, 0.2) is 0 Å². The molecule has 0 unspecified atom stereocenters. The molecule has 0 spiro atoms. The first-order valence-electron chi connectivity index (χ1n) is 4.87. The number of hydrogen-bond acceptors (Lipinski definition) is 1. The van der Waals surface area contributed by atoms with Gasteiger partial charge in [-0.3, -0.25) is 0 Å². The molecule has 2 nitrogen and oxygen atoms in total. The Morgan fingerprint density at radius 3 is 2.53 bits per heavy atom. The summed E-state index contributed by atoms with van der Waals surface area (Å²) in [6.45, 7) is 5.70. The van der Waals surface area contributed by atoms with Gasteiger partial charge >= 0.3 is 0 Å². The van der Waals surface area contributed by atoms with Crippen LogP contribution >= 0.6 is 0 Å². The molecule has 0 aliphatic carbocycles. The second-order valence-corrected chi connectivity index (χ2v) is 3.46. The van der Waals surface area contributed by atoms with Crippen LogP contribution < -0.4 is 0 Å². The van der Waals surface area contributed by atoms with Gasteiger partial charge in [0.1, 0.15) is 0 Å². The van der Waals surface area contributed by atoms with Crippen molar-refractivity contribution < 1.29 is 0 Å². The molecule has 0 aliphatic rings. The van der Waals surface area contributed by atoms with E-state index < -0.39 is 0 Å². The third-order valence-corrected chi connectivity index (χ3v) is 2.18. The molecule has 75 valence electrons. The van der Waals surface area contributed by atoms with Crippen molar-refractivity contribution in [1.82, 2.24) is 9.78 Å². The fourth-order valence-corrected chi connectivity index (χ4v) is 1.43. The summed E-state index contributed by atoms with van der Waals surface area (Å²) in [4.78, 5) is 0. The average molecular weight is 197 g/mol. The van der Waals surface area contributed by atoms with Crippen LogP contribution in [-0.4, -0.2) is 9.78 Å². The Morgan fingerprint density at radius 1 is 1.27 bits per heavy atom. The minimum atomic E-state index is 1.07. The van der Waals surface area contributed by atoms with Crippen LogP contribution in [0.1, 0.15) is 11.1 Å². The molecule has 0 saturated carbocycles. The molecule has 0 atom stereocenters. The van der Waals surface area contributed by atoms with Gasteiger partial charge in [-0.2, -0.15) is 5.10 Å². The van der Waals surface area contributed by atoms with Crippen molar-refractivity contribution in [3.63, 3.8) is 0 Å². The van der Waals surface area contributed by atoms with Gasteiger partial charge < -0.3 is 0 Å². The Kier molecular flexibility index (Phi) is 2.68. The Labute approximate surface area is 89.9 Å². The zero-order valence-corrected chi connectivity index (χ0v) is 8.72. The topological polar surface area (TPSA) is 17.8 Å². The van der Waals surface area contributed by atoms with Gasteiger partial charge in [-0.1, -0.05) is 24.3 Å². The molecule has 1 aromatic heterocycles. The number of aromatic nitrogens is 2. The van der Waals surface area contributed by atoms with E-state index in [9.17, 15) is 0 Å². The lowest BCUT2D eigenvalue weighted by Crippen LogP contribution is -1.93. The summed E-state index contributed by atoms with van der Waals surface area (Å²) in [6, 6.07) is 8.19. The van der Waals surface area contributed by atoms with Crippen LogP contribution in [0.15, 0.2) is 42.7 Å². The Morgan fingerprint density at radius 2 is 2.00 bits per heavy atom. The van der Waals surface area contributed by atoms with Crippen LogP contribution in [0.25, 0.3) is 11.8 Å². The molecule has 15 heavy (non-hydrogen) atoms. The Hall–Kier alpha value is -1.83. The van der Waals surface area contributed by atoms with Crippen molar-refractivity contribution in [2.24, 2.45) is 0 Å². The van der Waals surface area contributed by atoms with Gasteiger partial charge in [0, 0.05) is 6.20 Å². The van der Waals surface area contributed by atoms with Gasteiger partial charge in [-0.15, -0.1) is 0 Å². The molecule has 0 bridgehead atoms. The summed E-state index contributed by atoms with van der Waals surface area (Å²) < 4.78 is 1.87. The predicted octanol–water partition coefficient (Wildman–Crippen LogP) is 3.03. The summed E-state index contributed by atoms with van der Waals surface area (Å²) in [7, 11) is 0. The molecule has 0 N–H and O–H groups in total. The number of benzene rings is 1. The van der Waals surface area contributed by atoms with Crippen LogP contribution in [0.5, 0.6) is 0 Å². The highest BCUT2D eigenvalue weighted by molar-refractivity contribution is 5.52. The molecule has 1 radical (unpaired) electrons. The van der Waals surface area contributed by atoms with E-state index in [1.165, 1.54) is 0 Å². The number of aryl methyl sites for hydroxylation is 1. The van der Waals surface area contributed by atoms with E-state index in [1.54, 1.807) is 6.08 Å². The van der Waals surface area contributed by atoms with E-state index in [-0.39, 0.29) is 0 Å². The van der Waals surface area contributed by atoms with Gasteiger partial charge in [-0.05, 0) is 37.1 Å². The zero-order chi connectivity index (χ0) is 10.7. The highest BCUT2D eigenvalue weighted by Crippen LogP contribution is 2.10. The van der Waals surface area contributed by atoms with Crippen LogP contribution in [0, 0.1) is 13.8 Å². The maximum Gasteiger partial charge on any atom is 0.0646 e. The van der Waals surface area contributed by atoms with Crippen molar-refractivity contribution in [3.05, 3.63) is 60.8 Å². The number of allylic oxidation sites excluding steroid dienone is 1. The van der Waals surface area contributed by atoms with Gasteiger partial charge in [-0.25, -0.2) is 4.68 Å². The van der Waals surface area contributed by atoms with Gasteiger partial charge in [0.05, 0.1) is 11.9 Å². The summed E-state index contributed by atoms with van der Waals surface area (Å²) in [5.74, 6) is 0. The fourth-order valence-electron chi connectivity index (χ4n) is 1.43. The van der Waals surface area contributed by atoms with E-state index in [0.29, 0.717) is 0 Å². The standard InChI is InChI=1S/C13H13N2/c1-3-4-12-5-7-13(8-6-12)15-10-11(2)9-14-15/h3-10H,1H2,2H3/b4-3+. The highest BCUT2D eigenvalue weighted by Gasteiger charge is 1.96. The van der Waals surface area contributed by atoms with Crippen LogP contribution in [-0.2, 0) is 0 Å². The maximum absolute atomic E-state index is 4.25. The molecule has 0 aliphatic heterocycles. The Balaban J connectivity index is 2.31. The molecule has 2 rings (SSSR count). The second-order valence-electron chi connectivity index (χ2n) is 3.46. The van der Waals surface area contributed by atoms with E-state index in [2.05, 4.69) is 12.0 Å². The Bertz CT molecular complexity index is 464. The van der Waals surface area contributed by atoms with Crippen LogP contribution in [0.4, 0.5) is 0 Å². The van der Waals surface area contributed by atoms with Crippen molar-refractivity contribution >= 4 is 6.08 Å². The first-order chi connectivity index (χ1) is 7.29. The lowest BCUT2D eigenvalue weighted by molar-refractivity contribution is 0.880. The molecule has 0 fully saturated rings. The molecule has 0 amide bonds. The van der Waals surface area contributed by atoms with E-state index in [1.807, 2.05) is 54.3 Å². The van der Waals surface area contributed by atoms with E-state index in [4.69, 9.17) is 0 Å². The average Bonchev–Trinajstić information content (AvgIpc) is 2.67. The lowest BCUT2D eigenvalue weighted by atomic mass is 10.2. The monoisotopic (exact) mass is 197 g/mol. The fraction of sp³-hybridized carbons (Fsp3) is 0.0769. The summed E-state index contributed by atoms with van der Waals surface area (Å²) >= 11 is 0. The molecular weight excluding hydrogens is 184 g/mol. The quantitative estimate of drug-likeness (QED) is 0.723. The van der Waals surface area contributed by atoms with Crippen LogP contribution in [0.2, 0.25) is 0 Å². The van der Waals surface area contributed by atoms with E-state index >= 15 is 0 Å². The first kappa shape index (κ1) is 9.71. The molecule has 0 saturated heterocycles. The summed E-state index contributed by atoms with van der Waals surface area (Å²) in [5.41, 5.74) is 3.39. The van der Waals surface area contributed by atoms with Gasteiger partial charge in [0.2, 0.25) is 0 Å². The second kappa shape index (κ2) is 4.13. The van der Waals surface area contributed by atoms with Gasteiger partial charge in [0.25, 0.3) is 0 Å². The molecule has 1 aromatic carbocycles. The third-order valence-electron chi connectivity index (χ3n) is 2.18. The minimum Gasteiger partial charge on any atom is -0.241 e. The first-order valence-corrected chi connectivity index (χ1v) is 4.87. The third kappa shape index (κ3) is 2.15. The molecule has 2 aromatic rings. The zero-order valence-electron chi connectivity index (χ0n) is 8.72. The maximum atomic E-state index is 4.25. The normalized spacial score (nSPS) is 11.1. The number of hydrogen-bond donors (Lipinski definition) is 0. The molecule has 1 heterocycles. The molecule has 2 heteroatoms. The lowest BCUT2D eigenvalue weighted by Gasteiger charge is -2.01. The SMILES string of the molecule is [CH2]/C=C/c1ccc(-n2cc(C)cn2)cc1. The van der Waals surface area contributed by atoms with Crippen molar-refractivity contribution in [1.29, 1.82) is 0 Å². The largest absolute Gasteiger partial charge is 0.241 e. The van der Waals surface area contributed by atoms with Crippen molar-refractivity contribution in [3.8, 4) is 5.69 Å². The number of nitrogens with zero attached hydrogens (tertiary/aromatic N) is 2. The van der Waals surface area contributed by atoms with Crippen LogP contribution in [0.3, 0.4) is 0 Å².